The Bertz CT molecular complexity index is 297. The Balaban J connectivity index is 1.70. The molecular formula is C11H13NO2. The van der Waals surface area contributed by atoms with E-state index in [0.717, 1.165) is 0 Å². The Morgan fingerprint density at radius 1 is 1.36 bits per heavy atom. The SMILES string of the molecule is C1=NC(COCc2ccccc2)CO1. The highest BCUT2D eigenvalue weighted by Crippen LogP contribution is 2.04. The van der Waals surface area contributed by atoms with Crippen molar-refractivity contribution in [3.63, 3.8) is 0 Å². The zero-order valence-electron chi connectivity index (χ0n) is 7.93. The number of hydrogen-bond donors (Lipinski definition) is 0. The van der Waals surface area contributed by atoms with Crippen molar-refractivity contribution in [3.05, 3.63) is 35.9 Å². The van der Waals surface area contributed by atoms with Gasteiger partial charge in [0.1, 0.15) is 12.6 Å². The molecule has 1 aliphatic heterocycles. The van der Waals surface area contributed by atoms with Crippen LogP contribution in [0.5, 0.6) is 0 Å². The van der Waals surface area contributed by atoms with Gasteiger partial charge in [-0.3, -0.25) is 0 Å². The van der Waals surface area contributed by atoms with E-state index in [0.29, 0.717) is 19.8 Å². The van der Waals surface area contributed by atoms with Crippen LogP contribution in [-0.2, 0) is 16.1 Å². The van der Waals surface area contributed by atoms with Gasteiger partial charge in [-0.15, -0.1) is 0 Å². The van der Waals surface area contributed by atoms with Gasteiger partial charge in [0, 0.05) is 0 Å². The van der Waals surface area contributed by atoms with E-state index in [2.05, 4.69) is 17.1 Å². The Morgan fingerprint density at radius 3 is 2.93 bits per heavy atom. The third-order valence-corrected chi connectivity index (χ3v) is 2.06. The summed E-state index contributed by atoms with van der Waals surface area (Å²) >= 11 is 0. The van der Waals surface area contributed by atoms with E-state index >= 15 is 0 Å². The summed E-state index contributed by atoms with van der Waals surface area (Å²) in [6.45, 7) is 1.92. The van der Waals surface area contributed by atoms with Crippen LogP contribution < -0.4 is 0 Å². The van der Waals surface area contributed by atoms with Gasteiger partial charge in [0.2, 0.25) is 0 Å². The van der Waals surface area contributed by atoms with Crippen LogP contribution in [0.25, 0.3) is 0 Å². The molecule has 1 aromatic rings. The molecule has 3 heteroatoms. The van der Waals surface area contributed by atoms with E-state index in [9.17, 15) is 0 Å². The summed E-state index contributed by atoms with van der Waals surface area (Å²) in [7, 11) is 0. The smallest absolute Gasteiger partial charge is 0.169 e. The number of ether oxygens (including phenoxy) is 2. The number of aliphatic imine (C=N–C) groups is 1. The van der Waals surface area contributed by atoms with E-state index in [1.807, 2.05) is 18.2 Å². The molecule has 0 N–H and O–H groups in total. The number of benzene rings is 1. The van der Waals surface area contributed by atoms with Crippen molar-refractivity contribution in [2.75, 3.05) is 13.2 Å². The maximum absolute atomic E-state index is 5.51. The van der Waals surface area contributed by atoms with Crippen molar-refractivity contribution in [3.8, 4) is 0 Å². The van der Waals surface area contributed by atoms with Gasteiger partial charge in [0.15, 0.2) is 6.40 Å². The molecule has 0 aromatic heterocycles. The van der Waals surface area contributed by atoms with Crippen LogP contribution >= 0.6 is 0 Å². The molecule has 0 amide bonds. The van der Waals surface area contributed by atoms with E-state index in [1.54, 1.807) is 0 Å². The molecule has 3 nitrogen and oxygen atoms in total. The molecule has 14 heavy (non-hydrogen) atoms. The fourth-order valence-corrected chi connectivity index (χ4v) is 1.30. The number of nitrogens with zero attached hydrogens (tertiary/aromatic N) is 1. The molecule has 1 heterocycles. The highest BCUT2D eigenvalue weighted by Gasteiger charge is 2.10. The summed E-state index contributed by atoms with van der Waals surface area (Å²) in [6.07, 6.45) is 1.50. The van der Waals surface area contributed by atoms with Crippen molar-refractivity contribution in [2.45, 2.75) is 12.6 Å². The quantitative estimate of drug-likeness (QED) is 0.724. The van der Waals surface area contributed by atoms with Crippen LogP contribution in [0.2, 0.25) is 0 Å². The monoisotopic (exact) mass is 191 g/mol. The van der Waals surface area contributed by atoms with Gasteiger partial charge < -0.3 is 9.47 Å². The molecule has 0 bridgehead atoms. The average Bonchev–Trinajstić information content (AvgIpc) is 2.72. The van der Waals surface area contributed by atoms with Crippen LogP contribution in [0.1, 0.15) is 5.56 Å². The molecule has 1 unspecified atom stereocenters. The first-order valence-corrected chi connectivity index (χ1v) is 4.70. The molecule has 0 radical (unpaired) electrons. The Hall–Kier alpha value is -1.35. The van der Waals surface area contributed by atoms with Gasteiger partial charge in [-0.2, -0.15) is 0 Å². The van der Waals surface area contributed by atoms with Crippen LogP contribution in [-0.4, -0.2) is 25.7 Å². The van der Waals surface area contributed by atoms with Gasteiger partial charge in [-0.05, 0) is 5.56 Å². The fourth-order valence-electron chi connectivity index (χ4n) is 1.30. The van der Waals surface area contributed by atoms with E-state index < -0.39 is 0 Å². The zero-order chi connectivity index (χ0) is 9.64. The first-order chi connectivity index (χ1) is 6.95. The van der Waals surface area contributed by atoms with Crippen molar-refractivity contribution < 1.29 is 9.47 Å². The van der Waals surface area contributed by atoms with Crippen molar-refractivity contribution >= 4 is 6.40 Å². The van der Waals surface area contributed by atoms with Gasteiger partial charge in [0.25, 0.3) is 0 Å². The van der Waals surface area contributed by atoms with Gasteiger partial charge in [-0.25, -0.2) is 4.99 Å². The molecule has 0 saturated carbocycles. The highest BCUT2D eigenvalue weighted by atomic mass is 16.5. The standard InChI is InChI=1S/C11H13NO2/c1-2-4-10(5-3-1)6-13-7-11-8-14-9-12-11/h1-5,9,11H,6-8H2. The molecule has 0 spiro atoms. The minimum Gasteiger partial charge on any atom is -0.481 e. The summed E-state index contributed by atoms with van der Waals surface area (Å²) in [6, 6.07) is 10.3. The maximum Gasteiger partial charge on any atom is 0.169 e. The molecule has 0 saturated heterocycles. The van der Waals surface area contributed by atoms with Crippen LogP contribution in [0.15, 0.2) is 35.3 Å². The van der Waals surface area contributed by atoms with Gasteiger partial charge in [0.05, 0.1) is 13.2 Å². The summed E-state index contributed by atoms with van der Waals surface area (Å²) in [5.41, 5.74) is 1.19. The van der Waals surface area contributed by atoms with Crippen LogP contribution in [0.4, 0.5) is 0 Å². The first-order valence-electron chi connectivity index (χ1n) is 4.70. The third-order valence-electron chi connectivity index (χ3n) is 2.06. The van der Waals surface area contributed by atoms with E-state index in [-0.39, 0.29) is 6.04 Å². The molecule has 0 aliphatic carbocycles. The van der Waals surface area contributed by atoms with Crippen LogP contribution in [0, 0.1) is 0 Å². The molecule has 2 rings (SSSR count). The fraction of sp³-hybridized carbons (Fsp3) is 0.364. The van der Waals surface area contributed by atoms with Crippen LogP contribution in [0.3, 0.4) is 0 Å². The van der Waals surface area contributed by atoms with Gasteiger partial charge in [-0.1, -0.05) is 30.3 Å². The maximum atomic E-state index is 5.51. The largest absolute Gasteiger partial charge is 0.481 e. The summed E-state index contributed by atoms with van der Waals surface area (Å²) in [4.78, 5) is 4.09. The second kappa shape index (κ2) is 4.77. The predicted molar refractivity (Wildman–Crippen MR) is 54.3 cm³/mol. The Kier molecular flexibility index (Phi) is 3.14. The lowest BCUT2D eigenvalue weighted by Gasteiger charge is -2.06. The lowest BCUT2D eigenvalue weighted by Crippen LogP contribution is -2.14. The molecule has 1 atom stereocenters. The predicted octanol–water partition coefficient (Wildman–Crippen LogP) is 1.63. The second-order valence-corrected chi connectivity index (χ2v) is 3.24. The normalized spacial score (nSPS) is 19.6. The number of rotatable bonds is 4. The summed E-state index contributed by atoms with van der Waals surface area (Å²) < 4.78 is 10.5. The third kappa shape index (κ3) is 2.57. The van der Waals surface area contributed by atoms with E-state index in [1.165, 1.54) is 12.0 Å². The molecule has 0 fully saturated rings. The molecule has 1 aliphatic rings. The minimum absolute atomic E-state index is 0.179. The van der Waals surface area contributed by atoms with E-state index in [4.69, 9.17) is 9.47 Å². The molecule has 1 aromatic carbocycles. The summed E-state index contributed by atoms with van der Waals surface area (Å²) in [5.74, 6) is 0. The van der Waals surface area contributed by atoms with Crippen molar-refractivity contribution in [1.82, 2.24) is 0 Å². The topological polar surface area (TPSA) is 30.8 Å². The average molecular weight is 191 g/mol. The number of hydrogen-bond acceptors (Lipinski definition) is 3. The summed E-state index contributed by atoms with van der Waals surface area (Å²) in [5, 5.41) is 0. The lowest BCUT2D eigenvalue weighted by atomic mass is 10.2. The van der Waals surface area contributed by atoms with Crippen molar-refractivity contribution in [1.29, 1.82) is 0 Å². The first kappa shape index (κ1) is 9.21. The highest BCUT2D eigenvalue weighted by molar-refractivity contribution is 5.48. The molecule has 74 valence electrons. The minimum atomic E-state index is 0.179. The second-order valence-electron chi connectivity index (χ2n) is 3.24. The van der Waals surface area contributed by atoms with Crippen molar-refractivity contribution in [2.24, 2.45) is 4.99 Å². The lowest BCUT2D eigenvalue weighted by molar-refractivity contribution is 0.101. The van der Waals surface area contributed by atoms with Gasteiger partial charge >= 0.3 is 0 Å². The molecular weight excluding hydrogens is 178 g/mol. The Labute approximate surface area is 83.4 Å². The zero-order valence-corrected chi connectivity index (χ0v) is 7.93. The Morgan fingerprint density at radius 2 is 2.21 bits per heavy atom.